The van der Waals surface area contributed by atoms with Gasteiger partial charge in [-0.2, -0.15) is 0 Å². The van der Waals surface area contributed by atoms with Crippen molar-refractivity contribution in [1.29, 1.82) is 0 Å². The van der Waals surface area contributed by atoms with Crippen molar-refractivity contribution in [1.82, 2.24) is 0 Å². The fourth-order valence-corrected chi connectivity index (χ4v) is 2.70. The number of ether oxygens (including phenoxy) is 3. The number of hydrogen-bond acceptors (Lipinski definition) is 6. The first kappa shape index (κ1) is 16.9. The third-order valence-electron chi connectivity index (χ3n) is 3.79. The summed E-state index contributed by atoms with van der Waals surface area (Å²) in [4.78, 5) is 36.8. The van der Waals surface area contributed by atoms with Gasteiger partial charge >= 0.3 is 11.9 Å². The minimum absolute atomic E-state index is 0.210. The molecular weight excluding hydrogens is 300 g/mol. The monoisotopic (exact) mass is 318 g/mol. The van der Waals surface area contributed by atoms with Crippen LogP contribution in [0.25, 0.3) is 6.08 Å². The number of ketones is 1. The highest BCUT2D eigenvalue weighted by Gasteiger charge is 2.55. The van der Waals surface area contributed by atoms with Crippen LogP contribution in [0.2, 0.25) is 0 Å². The molecule has 6 nitrogen and oxygen atoms in total. The Morgan fingerprint density at radius 3 is 2.17 bits per heavy atom. The van der Waals surface area contributed by atoms with Gasteiger partial charge in [0, 0.05) is 11.1 Å². The number of Topliss-reactive ketones (excluding diaryl/α,β-unsaturated/α-hetero) is 1. The molecule has 1 heterocycles. The van der Waals surface area contributed by atoms with Crippen molar-refractivity contribution < 1.29 is 28.6 Å². The zero-order valence-electron chi connectivity index (χ0n) is 13.4. The number of methoxy groups -OCH3 is 2. The van der Waals surface area contributed by atoms with Gasteiger partial charge in [0.25, 0.3) is 5.60 Å². The highest BCUT2D eigenvalue weighted by molar-refractivity contribution is 6.07. The molecule has 1 aromatic carbocycles. The van der Waals surface area contributed by atoms with Crippen LogP contribution in [0.1, 0.15) is 25.0 Å². The van der Waals surface area contributed by atoms with E-state index < -0.39 is 23.6 Å². The summed E-state index contributed by atoms with van der Waals surface area (Å²) in [5.74, 6) is -2.01. The number of esters is 2. The van der Waals surface area contributed by atoms with Crippen LogP contribution in [0.5, 0.6) is 0 Å². The maximum atomic E-state index is 12.5. The number of rotatable bonds is 3. The van der Waals surface area contributed by atoms with Gasteiger partial charge < -0.3 is 14.2 Å². The standard InChI is InChI=1S/C17H18O6/c1-10(18)13-9-12-7-5-6-8-14(12)17(15(19)21-3,16(20)22-4)23-11(13)2/h5-9,11H,1-4H3. The molecule has 2 rings (SSSR count). The number of hydrogen-bond donors (Lipinski definition) is 0. The topological polar surface area (TPSA) is 78.9 Å². The number of benzene rings is 1. The Balaban J connectivity index is 2.79. The summed E-state index contributed by atoms with van der Waals surface area (Å²) in [7, 11) is 2.32. The summed E-state index contributed by atoms with van der Waals surface area (Å²) < 4.78 is 15.4. The van der Waals surface area contributed by atoms with Crippen LogP contribution in [0, 0.1) is 0 Å². The summed E-state index contributed by atoms with van der Waals surface area (Å²) in [6.45, 7) is 3.00. The highest BCUT2D eigenvalue weighted by atomic mass is 16.6. The second-order valence-corrected chi connectivity index (χ2v) is 5.17. The Hall–Kier alpha value is -2.47. The zero-order valence-corrected chi connectivity index (χ0v) is 13.4. The van der Waals surface area contributed by atoms with Gasteiger partial charge in [-0.1, -0.05) is 24.3 Å². The SMILES string of the molecule is COC(=O)C1(C(=O)OC)OC(C)C(C(C)=O)=Cc2ccccc21. The minimum Gasteiger partial charge on any atom is -0.466 e. The predicted octanol–water partition coefficient (Wildman–Crippen LogP) is 1.62. The average molecular weight is 318 g/mol. The maximum absolute atomic E-state index is 12.5. The first-order valence-electron chi connectivity index (χ1n) is 7.05. The second kappa shape index (κ2) is 6.34. The lowest BCUT2D eigenvalue weighted by Gasteiger charge is -2.30. The van der Waals surface area contributed by atoms with Gasteiger partial charge in [0.15, 0.2) is 5.78 Å². The second-order valence-electron chi connectivity index (χ2n) is 5.17. The zero-order chi connectivity index (χ0) is 17.2. The molecule has 0 fully saturated rings. The van der Waals surface area contributed by atoms with E-state index in [9.17, 15) is 14.4 Å². The summed E-state index contributed by atoms with van der Waals surface area (Å²) in [6, 6.07) is 6.68. The molecule has 0 spiro atoms. The Labute approximate surface area is 134 Å². The normalized spacial score (nSPS) is 19.0. The fourth-order valence-electron chi connectivity index (χ4n) is 2.70. The quantitative estimate of drug-likeness (QED) is 0.622. The van der Waals surface area contributed by atoms with Gasteiger partial charge in [0.05, 0.1) is 20.3 Å². The molecule has 1 aliphatic rings. The van der Waals surface area contributed by atoms with Crippen molar-refractivity contribution >= 4 is 23.8 Å². The van der Waals surface area contributed by atoms with Crippen LogP contribution in [-0.4, -0.2) is 38.0 Å². The van der Waals surface area contributed by atoms with Crippen LogP contribution in [0.15, 0.2) is 29.8 Å². The number of carbonyl (C=O) groups is 3. The Kier molecular flexibility index (Phi) is 4.65. The van der Waals surface area contributed by atoms with Crippen LogP contribution < -0.4 is 0 Å². The van der Waals surface area contributed by atoms with E-state index in [4.69, 9.17) is 14.2 Å². The number of carbonyl (C=O) groups excluding carboxylic acids is 3. The van der Waals surface area contributed by atoms with Gasteiger partial charge in [0.1, 0.15) is 0 Å². The van der Waals surface area contributed by atoms with Gasteiger partial charge in [-0.3, -0.25) is 4.79 Å². The summed E-state index contributed by atoms with van der Waals surface area (Å²) in [5.41, 5.74) is -0.917. The third kappa shape index (κ3) is 2.66. The molecule has 1 atom stereocenters. The van der Waals surface area contributed by atoms with E-state index in [2.05, 4.69) is 0 Å². The lowest BCUT2D eigenvalue weighted by molar-refractivity contribution is -0.194. The Bertz CT molecular complexity index is 672. The molecule has 6 heteroatoms. The maximum Gasteiger partial charge on any atom is 0.354 e. The molecule has 0 aliphatic carbocycles. The van der Waals surface area contributed by atoms with E-state index in [1.54, 1.807) is 37.3 Å². The van der Waals surface area contributed by atoms with E-state index in [1.807, 2.05) is 0 Å². The molecule has 122 valence electrons. The van der Waals surface area contributed by atoms with Crippen LogP contribution in [-0.2, 0) is 34.2 Å². The van der Waals surface area contributed by atoms with Crippen molar-refractivity contribution in [2.45, 2.75) is 25.6 Å². The van der Waals surface area contributed by atoms with Crippen molar-refractivity contribution in [3.63, 3.8) is 0 Å². The Morgan fingerprint density at radius 2 is 1.65 bits per heavy atom. The van der Waals surface area contributed by atoms with Crippen LogP contribution in [0.3, 0.4) is 0 Å². The minimum atomic E-state index is -2.08. The molecule has 0 saturated carbocycles. The summed E-state index contributed by atoms with van der Waals surface area (Å²) in [6.07, 6.45) is 0.828. The molecule has 0 saturated heterocycles. The first-order chi connectivity index (χ1) is 10.9. The molecular formula is C17H18O6. The van der Waals surface area contributed by atoms with Gasteiger partial charge in [0.2, 0.25) is 0 Å². The molecule has 1 aliphatic heterocycles. The van der Waals surface area contributed by atoms with Crippen molar-refractivity contribution in [2.24, 2.45) is 0 Å². The smallest absolute Gasteiger partial charge is 0.354 e. The van der Waals surface area contributed by atoms with Gasteiger partial charge in [-0.25, -0.2) is 9.59 Å². The molecule has 23 heavy (non-hydrogen) atoms. The molecule has 0 bridgehead atoms. The number of fused-ring (bicyclic) bond motifs is 1. The Morgan fingerprint density at radius 1 is 1.09 bits per heavy atom. The molecule has 0 N–H and O–H groups in total. The fraction of sp³-hybridized carbons (Fsp3) is 0.353. The lowest BCUT2D eigenvalue weighted by atomic mass is 9.89. The lowest BCUT2D eigenvalue weighted by Crippen LogP contribution is -2.49. The summed E-state index contributed by atoms with van der Waals surface area (Å²) in [5, 5.41) is 0. The van der Waals surface area contributed by atoms with Crippen molar-refractivity contribution in [2.75, 3.05) is 14.2 Å². The van der Waals surface area contributed by atoms with E-state index >= 15 is 0 Å². The summed E-state index contributed by atoms with van der Waals surface area (Å²) >= 11 is 0. The largest absolute Gasteiger partial charge is 0.466 e. The van der Waals surface area contributed by atoms with E-state index in [1.165, 1.54) is 6.92 Å². The molecule has 1 unspecified atom stereocenters. The first-order valence-corrected chi connectivity index (χ1v) is 7.05. The van der Waals surface area contributed by atoms with Gasteiger partial charge in [-0.15, -0.1) is 0 Å². The molecule has 0 radical (unpaired) electrons. The third-order valence-corrected chi connectivity index (χ3v) is 3.79. The van der Waals surface area contributed by atoms with Crippen molar-refractivity contribution in [3.8, 4) is 0 Å². The van der Waals surface area contributed by atoms with Crippen LogP contribution >= 0.6 is 0 Å². The molecule has 0 amide bonds. The predicted molar refractivity (Wildman–Crippen MR) is 81.4 cm³/mol. The van der Waals surface area contributed by atoms with E-state index in [0.717, 1.165) is 14.2 Å². The van der Waals surface area contributed by atoms with E-state index in [-0.39, 0.29) is 11.3 Å². The van der Waals surface area contributed by atoms with Gasteiger partial charge in [-0.05, 0) is 25.5 Å². The van der Waals surface area contributed by atoms with E-state index in [0.29, 0.717) is 11.1 Å². The van der Waals surface area contributed by atoms with Crippen LogP contribution in [0.4, 0.5) is 0 Å². The van der Waals surface area contributed by atoms with Crippen molar-refractivity contribution in [3.05, 3.63) is 41.0 Å². The average Bonchev–Trinajstić information content (AvgIpc) is 2.68. The molecule has 0 aromatic heterocycles. The molecule has 1 aromatic rings. The highest BCUT2D eigenvalue weighted by Crippen LogP contribution is 2.38.